The van der Waals surface area contributed by atoms with E-state index < -0.39 is 27.7 Å². The van der Waals surface area contributed by atoms with Crippen LogP contribution in [0, 0.1) is 0 Å². The Kier molecular flexibility index (Phi) is 6.52. The van der Waals surface area contributed by atoms with Gasteiger partial charge >= 0.3 is 0 Å². The first kappa shape index (κ1) is 22.9. The van der Waals surface area contributed by atoms with Crippen molar-refractivity contribution >= 4 is 33.1 Å². The average molecular weight is 453 g/mol. The number of anilines is 1. The Morgan fingerprint density at radius 1 is 0.906 bits per heavy atom. The number of primary amides is 1. The smallest absolute Gasteiger partial charge is 0.284 e. The lowest BCUT2D eigenvalue weighted by Gasteiger charge is -2.10. The zero-order chi connectivity index (χ0) is 23.5. The number of benzene rings is 3. The van der Waals surface area contributed by atoms with Crippen molar-refractivity contribution in [3.8, 4) is 11.1 Å². The summed E-state index contributed by atoms with van der Waals surface area (Å²) in [5.74, 6) is -2.64. The second-order valence-corrected chi connectivity index (χ2v) is 8.49. The number of sulfonamides is 1. The lowest BCUT2D eigenvalue weighted by atomic mass is 10.0. The van der Waals surface area contributed by atoms with Gasteiger partial charge in [0.25, 0.3) is 5.91 Å². The molecule has 0 bridgehead atoms. The second kappa shape index (κ2) is 9.13. The largest absolute Gasteiger partial charge is 0.366 e. The van der Waals surface area contributed by atoms with Gasteiger partial charge in [0.05, 0.1) is 4.90 Å². The van der Waals surface area contributed by atoms with Gasteiger partial charge in [-0.15, -0.1) is 0 Å². The second-order valence-electron chi connectivity index (χ2n) is 6.96. The Hall–Kier alpha value is -3.82. The molecule has 3 aromatic rings. The predicted octanol–water partition coefficient (Wildman–Crippen LogP) is 3.44. The van der Waals surface area contributed by atoms with Gasteiger partial charge in [-0.3, -0.25) is 9.59 Å². The highest BCUT2D eigenvalue weighted by Crippen LogP contribution is 2.28. The summed E-state index contributed by atoms with van der Waals surface area (Å²) in [7, 11) is -3.92. The number of hydrogen-bond donors (Lipinski definition) is 3. The number of primary sulfonamides is 1. The number of nitrogens with two attached hydrogens (primary N) is 2. The van der Waals surface area contributed by atoms with Gasteiger partial charge < -0.3 is 11.1 Å². The molecule has 3 aromatic carbocycles. The highest BCUT2D eigenvalue weighted by atomic mass is 32.2. The van der Waals surface area contributed by atoms with E-state index in [1.165, 1.54) is 37.3 Å². The first-order valence-corrected chi connectivity index (χ1v) is 10.9. The van der Waals surface area contributed by atoms with Crippen LogP contribution in [0.1, 0.15) is 22.8 Å². The maximum Gasteiger partial charge on any atom is 0.284 e. The van der Waals surface area contributed by atoms with E-state index in [2.05, 4.69) is 5.32 Å². The molecule has 0 saturated carbocycles. The van der Waals surface area contributed by atoms with Crippen molar-refractivity contribution in [1.82, 2.24) is 0 Å². The number of allylic oxidation sites excluding steroid dienone is 1. The monoisotopic (exact) mass is 453 g/mol. The van der Waals surface area contributed by atoms with Crippen molar-refractivity contribution in [2.75, 3.05) is 5.32 Å². The molecule has 0 aliphatic rings. The fourth-order valence-electron chi connectivity index (χ4n) is 3.08. The Labute approximate surface area is 184 Å². The van der Waals surface area contributed by atoms with Crippen LogP contribution in [0.15, 0.2) is 83.5 Å². The lowest BCUT2D eigenvalue weighted by molar-refractivity contribution is -0.114. The van der Waals surface area contributed by atoms with Crippen molar-refractivity contribution in [2.24, 2.45) is 10.9 Å². The SMILES string of the molecule is C/C(=C(\F)C(=O)Nc1ccc(-c2ccccc2S(N)(=O)=O)cc1)c1cccc(C(N)=O)c1. The van der Waals surface area contributed by atoms with Gasteiger partial charge in [0.15, 0.2) is 5.83 Å². The van der Waals surface area contributed by atoms with Crippen LogP contribution < -0.4 is 16.2 Å². The van der Waals surface area contributed by atoms with Gasteiger partial charge in [-0.25, -0.2) is 17.9 Å². The van der Waals surface area contributed by atoms with Gasteiger partial charge in [-0.05, 0) is 54.0 Å². The van der Waals surface area contributed by atoms with Crippen LogP contribution in [0.5, 0.6) is 0 Å². The fourth-order valence-corrected chi connectivity index (χ4v) is 3.84. The number of amides is 2. The summed E-state index contributed by atoms with van der Waals surface area (Å²) in [6, 6.07) is 18.5. The van der Waals surface area contributed by atoms with Gasteiger partial charge in [0, 0.05) is 16.8 Å². The first-order chi connectivity index (χ1) is 15.1. The number of nitrogens with one attached hydrogen (secondary N) is 1. The summed E-state index contributed by atoms with van der Waals surface area (Å²) in [5.41, 5.74) is 7.11. The molecular weight excluding hydrogens is 433 g/mol. The summed E-state index contributed by atoms with van der Waals surface area (Å²) in [4.78, 5) is 23.6. The van der Waals surface area contributed by atoms with E-state index in [1.807, 2.05) is 0 Å². The van der Waals surface area contributed by atoms with Crippen molar-refractivity contribution in [3.63, 3.8) is 0 Å². The van der Waals surface area contributed by atoms with E-state index in [1.54, 1.807) is 42.5 Å². The van der Waals surface area contributed by atoms with Crippen LogP contribution in [-0.2, 0) is 14.8 Å². The fraction of sp³-hybridized carbons (Fsp3) is 0.0435. The molecular formula is C23H20FN3O4S. The standard InChI is InChI=1S/C23H20FN3O4S/c1-14(16-5-4-6-17(13-16)22(25)28)21(24)23(29)27-18-11-9-15(10-12-18)19-7-2-3-8-20(19)32(26,30)31/h2-13H,1H3,(H2,25,28)(H,27,29)(H2,26,30,31)/b21-14+. The van der Waals surface area contributed by atoms with Crippen LogP contribution in [0.3, 0.4) is 0 Å². The molecule has 0 aliphatic heterocycles. The van der Waals surface area contributed by atoms with Crippen molar-refractivity contribution in [3.05, 3.63) is 89.8 Å². The minimum Gasteiger partial charge on any atom is -0.366 e. The Balaban J connectivity index is 1.83. The van der Waals surface area contributed by atoms with Crippen molar-refractivity contribution in [1.29, 1.82) is 0 Å². The van der Waals surface area contributed by atoms with Crippen LogP contribution >= 0.6 is 0 Å². The minimum atomic E-state index is -3.92. The molecule has 0 unspecified atom stereocenters. The molecule has 5 N–H and O–H groups in total. The van der Waals surface area contributed by atoms with Crippen LogP contribution in [0.2, 0.25) is 0 Å². The molecule has 3 rings (SSSR count). The Morgan fingerprint density at radius 3 is 2.16 bits per heavy atom. The normalized spacial score (nSPS) is 12.1. The first-order valence-electron chi connectivity index (χ1n) is 9.38. The van der Waals surface area contributed by atoms with Gasteiger partial charge in [0.2, 0.25) is 15.9 Å². The van der Waals surface area contributed by atoms with E-state index in [-0.39, 0.29) is 16.0 Å². The third-order valence-electron chi connectivity index (χ3n) is 4.76. The molecule has 0 heterocycles. The maximum atomic E-state index is 14.7. The topological polar surface area (TPSA) is 132 Å². The highest BCUT2D eigenvalue weighted by molar-refractivity contribution is 7.89. The van der Waals surface area contributed by atoms with Crippen LogP contribution in [-0.4, -0.2) is 20.2 Å². The molecule has 2 amide bonds. The molecule has 32 heavy (non-hydrogen) atoms. The molecule has 0 saturated heterocycles. The molecule has 9 heteroatoms. The summed E-state index contributed by atoms with van der Waals surface area (Å²) in [6.07, 6.45) is 0. The van der Waals surface area contributed by atoms with Gasteiger partial charge in [-0.2, -0.15) is 0 Å². The number of hydrogen-bond acceptors (Lipinski definition) is 4. The lowest BCUT2D eigenvalue weighted by Crippen LogP contribution is -2.14. The highest BCUT2D eigenvalue weighted by Gasteiger charge is 2.17. The zero-order valence-electron chi connectivity index (χ0n) is 17.0. The number of rotatable bonds is 6. The maximum absolute atomic E-state index is 14.7. The van der Waals surface area contributed by atoms with Gasteiger partial charge in [0.1, 0.15) is 0 Å². The predicted molar refractivity (Wildman–Crippen MR) is 121 cm³/mol. The van der Waals surface area contributed by atoms with E-state index in [4.69, 9.17) is 10.9 Å². The minimum absolute atomic E-state index is 0.0282. The summed E-state index contributed by atoms with van der Waals surface area (Å²) in [5, 5.41) is 7.72. The quantitative estimate of drug-likeness (QED) is 0.493. The van der Waals surface area contributed by atoms with Crippen LogP contribution in [0.25, 0.3) is 16.7 Å². The third-order valence-corrected chi connectivity index (χ3v) is 5.73. The van der Waals surface area contributed by atoms with E-state index in [0.717, 1.165) is 0 Å². The number of carbonyl (C=O) groups excluding carboxylic acids is 2. The van der Waals surface area contributed by atoms with E-state index in [9.17, 15) is 22.4 Å². The molecule has 0 aliphatic carbocycles. The summed E-state index contributed by atoms with van der Waals surface area (Å²) < 4.78 is 38.3. The molecule has 0 spiro atoms. The van der Waals surface area contributed by atoms with Crippen molar-refractivity contribution in [2.45, 2.75) is 11.8 Å². The van der Waals surface area contributed by atoms with Crippen molar-refractivity contribution < 1.29 is 22.4 Å². The number of halogens is 1. The zero-order valence-corrected chi connectivity index (χ0v) is 17.8. The Morgan fingerprint density at radius 2 is 1.53 bits per heavy atom. The Bertz CT molecular complexity index is 1330. The summed E-state index contributed by atoms with van der Waals surface area (Å²) in [6.45, 7) is 1.42. The number of carbonyl (C=O) groups is 2. The third kappa shape index (κ3) is 5.08. The average Bonchev–Trinajstić information content (AvgIpc) is 2.78. The summed E-state index contributed by atoms with van der Waals surface area (Å²) >= 11 is 0. The molecule has 0 atom stereocenters. The van der Waals surface area contributed by atoms with E-state index >= 15 is 0 Å². The van der Waals surface area contributed by atoms with Gasteiger partial charge in [-0.1, -0.05) is 42.5 Å². The molecule has 0 fully saturated rings. The molecule has 0 aromatic heterocycles. The molecule has 7 nitrogen and oxygen atoms in total. The van der Waals surface area contributed by atoms with E-state index in [0.29, 0.717) is 22.4 Å². The molecule has 0 radical (unpaired) electrons. The molecule has 164 valence electrons. The van der Waals surface area contributed by atoms with Crippen LogP contribution in [0.4, 0.5) is 10.1 Å².